The third-order valence-corrected chi connectivity index (χ3v) is 6.57. The molecule has 1 aliphatic rings. The lowest BCUT2D eigenvalue weighted by Gasteiger charge is -2.23. The molecule has 0 spiro atoms. The molecule has 1 saturated heterocycles. The van der Waals surface area contributed by atoms with E-state index in [-0.39, 0.29) is 0 Å². The van der Waals surface area contributed by atoms with Crippen LogP contribution in [0.15, 0.2) is 115 Å². The summed E-state index contributed by atoms with van der Waals surface area (Å²) in [7, 11) is 0. The lowest BCUT2D eigenvalue weighted by Crippen LogP contribution is -2.41. The molecule has 0 radical (unpaired) electrons. The van der Waals surface area contributed by atoms with E-state index in [1.807, 2.05) is 48.6 Å². The molecule has 4 atom stereocenters. The maximum atomic E-state index is 13.4. The average molecular weight is 549 g/mol. The SMILES string of the molecule is C[C@H]1OC(OC(=O)c2ccccc2C=Cc2ccccc2)[C@H](OC(=O)c2ccccc2)[C@@H]1OC(=O)c1ccccc1. The fourth-order valence-electron chi connectivity index (χ4n) is 4.45. The van der Waals surface area contributed by atoms with Crippen LogP contribution in [0.1, 0.15) is 49.1 Å². The van der Waals surface area contributed by atoms with Gasteiger partial charge >= 0.3 is 17.9 Å². The second kappa shape index (κ2) is 12.9. The van der Waals surface area contributed by atoms with E-state index in [0.717, 1.165) is 5.56 Å². The largest absolute Gasteiger partial charge is 0.452 e. The Kier molecular flexibility index (Phi) is 8.67. The first-order valence-electron chi connectivity index (χ1n) is 13.2. The number of carbonyl (C=O) groups excluding carboxylic acids is 3. The van der Waals surface area contributed by atoms with Crippen molar-refractivity contribution < 1.29 is 33.3 Å². The van der Waals surface area contributed by atoms with E-state index in [9.17, 15) is 14.4 Å². The maximum Gasteiger partial charge on any atom is 0.341 e. The Morgan fingerprint density at radius 2 is 1.10 bits per heavy atom. The highest BCUT2D eigenvalue weighted by molar-refractivity contribution is 5.95. The smallest absolute Gasteiger partial charge is 0.341 e. The predicted molar refractivity (Wildman–Crippen MR) is 153 cm³/mol. The van der Waals surface area contributed by atoms with Crippen molar-refractivity contribution in [3.05, 3.63) is 143 Å². The summed E-state index contributed by atoms with van der Waals surface area (Å²) >= 11 is 0. The van der Waals surface area contributed by atoms with Gasteiger partial charge in [0.1, 0.15) is 6.10 Å². The van der Waals surface area contributed by atoms with Gasteiger partial charge in [-0.2, -0.15) is 0 Å². The Morgan fingerprint density at radius 3 is 1.71 bits per heavy atom. The number of esters is 3. The summed E-state index contributed by atoms with van der Waals surface area (Å²) < 4.78 is 23.2. The topological polar surface area (TPSA) is 88.1 Å². The average Bonchev–Trinajstić information content (AvgIpc) is 3.30. The fourth-order valence-corrected chi connectivity index (χ4v) is 4.45. The first kappa shape index (κ1) is 27.6. The normalized spacial score (nSPS) is 19.9. The Balaban J connectivity index is 1.38. The molecule has 1 unspecified atom stereocenters. The number of hydrogen-bond donors (Lipinski definition) is 0. The minimum atomic E-state index is -1.31. The molecule has 0 bridgehead atoms. The third kappa shape index (κ3) is 6.77. The molecule has 1 aliphatic heterocycles. The van der Waals surface area contributed by atoms with Crippen molar-refractivity contribution in [3.8, 4) is 0 Å². The molecule has 0 aliphatic carbocycles. The van der Waals surface area contributed by atoms with Crippen molar-refractivity contribution in [2.75, 3.05) is 0 Å². The minimum absolute atomic E-state index is 0.293. The summed E-state index contributed by atoms with van der Waals surface area (Å²) in [6, 6.07) is 33.5. The monoisotopic (exact) mass is 548 g/mol. The van der Waals surface area contributed by atoms with Crippen molar-refractivity contribution >= 4 is 30.1 Å². The second-order valence-electron chi connectivity index (χ2n) is 9.42. The van der Waals surface area contributed by atoms with Gasteiger partial charge in [0.25, 0.3) is 0 Å². The van der Waals surface area contributed by atoms with Crippen LogP contribution in [-0.4, -0.2) is 42.5 Å². The molecule has 5 rings (SSSR count). The highest BCUT2D eigenvalue weighted by atomic mass is 16.7. The van der Waals surface area contributed by atoms with Gasteiger partial charge in [0.15, 0.2) is 6.10 Å². The molecule has 4 aromatic carbocycles. The number of rotatable bonds is 8. The van der Waals surface area contributed by atoms with Gasteiger partial charge in [-0.15, -0.1) is 0 Å². The summed E-state index contributed by atoms with van der Waals surface area (Å²) in [5.41, 5.74) is 2.53. The zero-order chi connectivity index (χ0) is 28.6. The highest BCUT2D eigenvalue weighted by Gasteiger charge is 2.50. The molecule has 7 heteroatoms. The first-order valence-corrected chi connectivity index (χ1v) is 13.2. The van der Waals surface area contributed by atoms with Gasteiger partial charge in [-0.05, 0) is 48.4 Å². The molecule has 1 fully saturated rings. The number of ether oxygens (including phenoxy) is 4. The Hall–Kier alpha value is -5.01. The van der Waals surface area contributed by atoms with Crippen LogP contribution < -0.4 is 0 Å². The van der Waals surface area contributed by atoms with Gasteiger partial charge in [0.05, 0.1) is 16.7 Å². The molecular formula is C34H28O7. The van der Waals surface area contributed by atoms with E-state index in [1.165, 1.54) is 0 Å². The molecule has 0 N–H and O–H groups in total. The maximum absolute atomic E-state index is 13.4. The Morgan fingerprint density at radius 1 is 0.585 bits per heavy atom. The van der Waals surface area contributed by atoms with Crippen molar-refractivity contribution in [1.29, 1.82) is 0 Å². The van der Waals surface area contributed by atoms with Gasteiger partial charge in [0, 0.05) is 0 Å². The molecular weight excluding hydrogens is 520 g/mol. The zero-order valence-electron chi connectivity index (χ0n) is 22.3. The summed E-state index contributed by atoms with van der Waals surface area (Å²) in [6.45, 7) is 1.66. The number of benzene rings is 4. The van der Waals surface area contributed by atoms with E-state index in [2.05, 4.69) is 0 Å². The van der Waals surface area contributed by atoms with Crippen LogP contribution in [0.2, 0.25) is 0 Å². The van der Waals surface area contributed by atoms with Gasteiger partial charge in [-0.25, -0.2) is 14.4 Å². The fraction of sp³-hybridized carbons (Fsp3) is 0.147. The molecule has 0 saturated carbocycles. The molecule has 1 heterocycles. The summed E-state index contributed by atoms with van der Waals surface area (Å²) in [5.74, 6) is -1.96. The standard InChI is InChI=1S/C34H28O7/c1-23-29(39-31(35)26-16-7-3-8-17-26)30(40-32(36)27-18-9-4-10-19-27)34(38-23)41-33(37)28-20-12-11-15-25(28)22-21-24-13-5-2-6-14-24/h2-23,29-30,34H,1H3/t23-,29-,30-,34?/m1/s1. The van der Waals surface area contributed by atoms with Gasteiger partial charge < -0.3 is 18.9 Å². The first-order chi connectivity index (χ1) is 20.0. The second-order valence-corrected chi connectivity index (χ2v) is 9.42. The van der Waals surface area contributed by atoms with E-state index in [0.29, 0.717) is 22.3 Å². The third-order valence-electron chi connectivity index (χ3n) is 6.57. The van der Waals surface area contributed by atoms with Crippen molar-refractivity contribution in [2.45, 2.75) is 31.5 Å². The van der Waals surface area contributed by atoms with E-state index in [1.54, 1.807) is 85.8 Å². The van der Waals surface area contributed by atoms with Crippen LogP contribution in [0.4, 0.5) is 0 Å². The molecule has 41 heavy (non-hydrogen) atoms. The summed E-state index contributed by atoms with van der Waals surface area (Å²) in [6.07, 6.45) is -0.569. The van der Waals surface area contributed by atoms with Gasteiger partial charge in [-0.3, -0.25) is 0 Å². The summed E-state index contributed by atoms with van der Waals surface area (Å²) in [4.78, 5) is 39.3. The van der Waals surface area contributed by atoms with E-state index in [4.69, 9.17) is 18.9 Å². The van der Waals surface area contributed by atoms with E-state index < -0.39 is 42.5 Å². The number of hydrogen-bond acceptors (Lipinski definition) is 7. The van der Waals surface area contributed by atoms with Crippen LogP contribution >= 0.6 is 0 Å². The predicted octanol–water partition coefficient (Wildman–Crippen LogP) is 6.21. The Labute approximate surface area is 237 Å². The molecule has 206 valence electrons. The molecule has 4 aromatic rings. The summed E-state index contributed by atoms with van der Waals surface area (Å²) in [5, 5.41) is 0. The quantitative estimate of drug-likeness (QED) is 0.147. The zero-order valence-corrected chi connectivity index (χ0v) is 22.3. The molecule has 7 nitrogen and oxygen atoms in total. The van der Waals surface area contributed by atoms with Gasteiger partial charge in [0.2, 0.25) is 12.4 Å². The molecule has 0 aromatic heterocycles. The van der Waals surface area contributed by atoms with Crippen LogP contribution in [0.25, 0.3) is 12.2 Å². The van der Waals surface area contributed by atoms with E-state index >= 15 is 0 Å². The molecule has 0 amide bonds. The van der Waals surface area contributed by atoms with Crippen LogP contribution in [0, 0.1) is 0 Å². The van der Waals surface area contributed by atoms with Crippen molar-refractivity contribution in [2.24, 2.45) is 0 Å². The lowest BCUT2D eigenvalue weighted by molar-refractivity contribution is -0.134. The highest BCUT2D eigenvalue weighted by Crippen LogP contribution is 2.30. The van der Waals surface area contributed by atoms with Crippen LogP contribution in [-0.2, 0) is 18.9 Å². The van der Waals surface area contributed by atoms with Crippen molar-refractivity contribution in [3.63, 3.8) is 0 Å². The minimum Gasteiger partial charge on any atom is -0.452 e. The van der Waals surface area contributed by atoms with Crippen LogP contribution in [0.3, 0.4) is 0 Å². The van der Waals surface area contributed by atoms with Crippen LogP contribution in [0.5, 0.6) is 0 Å². The lowest BCUT2D eigenvalue weighted by atomic mass is 10.1. The number of carbonyl (C=O) groups is 3. The van der Waals surface area contributed by atoms with Gasteiger partial charge in [-0.1, -0.05) is 97.1 Å². The Bertz CT molecular complexity index is 1520. The van der Waals surface area contributed by atoms with Crippen molar-refractivity contribution in [1.82, 2.24) is 0 Å².